The lowest BCUT2D eigenvalue weighted by atomic mass is 10.2. The fourth-order valence-electron chi connectivity index (χ4n) is 1.97. The second kappa shape index (κ2) is 6.89. The van der Waals surface area contributed by atoms with E-state index in [0.29, 0.717) is 24.0 Å². The van der Waals surface area contributed by atoms with Gasteiger partial charge in [-0.2, -0.15) is 0 Å². The van der Waals surface area contributed by atoms with Crippen molar-refractivity contribution in [3.8, 4) is 0 Å². The van der Waals surface area contributed by atoms with E-state index in [4.69, 9.17) is 11.6 Å². The lowest BCUT2D eigenvalue weighted by Crippen LogP contribution is -2.30. The zero-order chi connectivity index (χ0) is 14.6. The Kier molecular flexibility index (Phi) is 5.43. The van der Waals surface area contributed by atoms with E-state index in [9.17, 15) is 8.42 Å². The summed E-state index contributed by atoms with van der Waals surface area (Å²) in [6, 6.07) is 7.95. The third-order valence-electron chi connectivity index (χ3n) is 3.42. The first kappa shape index (κ1) is 15.8. The second-order valence-corrected chi connectivity index (χ2v) is 7.85. The summed E-state index contributed by atoms with van der Waals surface area (Å²) in [6.07, 6.45) is 3.09. The predicted molar refractivity (Wildman–Crippen MR) is 82.3 cm³/mol. The van der Waals surface area contributed by atoms with Crippen LogP contribution in [0.4, 0.5) is 0 Å². The van der Waals surface area contributed by atoms with Crippen LogP contribution >= 0.6 is 11.6 Å². The van der Waals surface area contributed by atoms with Gasteiger partial charge in [-0.3, -0.25) is 0 Å². The SMILES string of the molecule is CN(Cc1ccccc1Cl)S(=O)(=O)CCCNC1CC1. The molecule has 0 spiro atoms. The molecule has 112 valence electrons. The smallest absolute Gasteiger partial charge is 0.214 e. The van der Waals surface area contributed by atoms with E-state index in [2.05, 4.69) is 5.32 Å². The number of nitrogens with one attached hydrogen (secondary N) is 1. The first-order chi connectivity index (χ1) is 9.49. The van der Waals surface area contributed by atoms with Crippen LogP contribution in [-0.4, -0.2) is 38.1 Å². The number of sulfonamides is 1. The summed E-state index contributed by atoms with van der Waals surface area (Å²) in [4.78, 5) is 0. The molecule has 1 aliphatic rings. The van der Waals surface area contributed by atoms with E-state index in [1.807, 2.05) is 18.2 Å². The molecule has 0 amide bonds. The highest BCUT2D eigenvalue weighted by Crippen LogP contribution is 2.19. The van der Waals surface area contributed by atoms with Gasteiger partial charge in [0.05, 0.1) is 5.75 Å². The van der Waals surface area contributed by atoms with Crippen molar-refractivity contribution in [1.29, 1.82) is 0 Å². The molecule has 0 aromatic heterocycles. The quantitative estimate of drug-likeness (QED) is 0.748. The summed E-state index contributed by atoms with van der Waals surface area (Å²) in [5.41, 5.74) is 0.830. The Morgan fingerprint density at radius 1 is 1.35 bits per heavy atom. The highest BCUT2D eigenvalue weighted by molar-refractivity contribution is 7.89. The topological polar surface area (TPSA) is 49.4 Å². The predicted octanol–water partition coefficient (Wildman–Crippen LogP) is 2.24. The minimum atomic E-state index is -3.22. The summed E-state index contributed by atoms with van der Waals surface area (Å²) < 4.78 is 25.7. The van der Waals surface area contributed by atoms with Crippen molar-refractivity contribution in [2.45, 2.75) is 31.8 Å². The van der Waals surface area contributed by atoms with Crippen LogP contribution in [0.3, 0.4) is 0 Å². The number of rotatable bonds is 8. The van der Waals surface area contributed by atoms with Crippen molar-refractivity contribution in [3.63, 3.8) is 0 Å². The molecule has 0 saturated heterocycles. The third kappa shape index (κ3) is 4.74. The van der Waals surface area contributed by atoms with Gasteiger partial charge in [0.15, 0.2) is 0 Å². The molecule has 1 fully saturated rings. The minimum Gasteiger partial charge on any atom is -0.314 e. The van der Waals surface area contributed by atoms with Crippen molar-refractivity contribution < 1.29 is 8.42 Å². The monoisotopic (exact) mass is 316 g/mol. The van der Waals surface area contributed by atoms with Crippen molar-refractivity contribution in [1.82, 2.24) is 9.62 Å². The summed E-state index contributed by atoms with van der Waals surface area (Å²) >= 11 is 6.06. The number of halogens is 1. The van der Waals surface area contributed by atoms with Gasteiger partial charge in [-0.1, -0.05) is 29.8 Å². The first-order valence-electron chi connectivity index (χ1n) is 6.90. The maximum atomic E-state index is 12.2. The van der Waals surface area contributed by atoms with E-state index >= 15 is 0 Å². The molecule has 1 saturated carbocycles. The van der Waals surface area contributed by atoms with E-state index in [1.165, 1.54) is 17.1 Å². The fraction of sp³-hybridized carbons (Fsp3) is 0.571. The summed E-state index contributed by atoms with van der Waals surface area (Å²) in [5.74, 6) is 0.174. The van der Waals surface area contributed by atoms with Crippen LogP contribution in [0.5, 0.6) is 0 Å². The van der Waals surface area contributed by atoms with Crippen LogP contribution < -0.4 is 5.32 Å². The van der Waals surface area contributed by atoms with Crippen LogP contribution in [0.1, 0.15) is 24.8 Å². The molecular formula is C14H21ClN2O2S. The molecular weight excluding hydrogens is 296 g/mol. The first-order valence-corrected chi connectivity index (χ1v) is 8.88. The maximum absolute atomic E-state index is 12.2. The molecule has 1 N–H and O–H groups in total. The fourth-order valence-corrected chi connectivity index (χ4v) is 3.32. The molecule has 0 unspecified atom stereocenters. The van der Waals surface area contributed by atoms with Gasteiger partial charge in [-0.05, 0) is 37.4 Å². The van der Waals surface area contributed by atoms with E-state index in [-0.39, 0.29) is 5.75 Å². The van der Waals surface area contributed by atoms with Crippen molar-refractivity contribution in [3.05, 3.63) is 34.9 Å². The normalized spacial score (nSPS) is 15.8. The zero-order valence-corrected chi connectivity index (χ0v) is 13.3. The number of benzene rings is 1. The van der Waals surface area contributed by atoms with Crippen LogP contribution in [0.25, 0.3) is 0 Å². The zero-order valence-electron chi connectivity index (χ0n) is 11.7. The Labute approximate surface area is 126 Å². The maximum Gasteiger partial charge on any atom is 0.214 e. The number of hydrogen-bond donors (Lipinski definition) is 1. The Morgan fingerprint density at radius 3 is 2.70 bits per heavy atom. The molecule has 0 aliphatic heterocycles. The number of nitrogens with zero attached hydrogens (tertiary/aromatic N) is 1. The molecule has 20 heavy (non-hydrogen) atoms. The second-order valence-electron chi connectivity index (χ2n) is 5.25. The lowest BCUT2D eigenvalue weighted by molar-refractivity contribution is 0.464. The van der Waals surface area contributed by atoms with Gasteiger partial charge < -0.3 is 5.32 Å². The summed E-state index contributed by atoms with van der Waals surface area (Å²) in [6.45, 7) is 1.09. The molecule has 0 bridgehead atoms. The van der Waals surface area contributed by atoms with Crippen LogP contribution in [0, 0.1) is 0 Å². The van der Waals surface area contributed by atoms with Gasteiger partial charge in [-0.25, -0.2) is 12.7 Å². The molecule has 1 aromatic carbocycles. The van der Waals surface area contributed by atoms with Gasteiger partial charge >= 0.3 is 0 Å². The van der Waals surface area contributed by atoms with Crippen LogP contribution in [0.15, 0.2) is 24.3 Å². The van der Waals surface area contributed by atoms with Gasteiger partial charge in [0.25, 0.3) is 0 Å². The third-order valence-corrected chi connectivity index (χ3v) is 5.67. The minimum absolute atomic E-state index is 0.174. The van der Waals surface area contributed by atoms with E-state index in [0.717, 1.165) is 12.1 Å². The molecule has 1 aliphatic carbocycles. The van der Waals surface area contributed by atoms with Gasteiger partial charge in [0.1, 0.15) is 0 Å². The molecule has 0 radical (unpaired) electrons. The highest BCUT2D eigenvalue weighted by Gasteiger charge is 2.21. The number of hydrogen-bond acceptors (Lipinski definition) is 3. The summed E-state index contributed by atoms with van der Waals surface area (Å²) in [7, 11) is -1.61. The molecule has 0 atom stereocenters. The molecule has 1 aromatic rings. The Hall–Kier alpha value is -0.620. The lowest BCUT2D eigenvalue weighted by Gasteiger charge is -2.18. The Bertz CT molecular complexity index is 544. The van der Waals surface area contributed by atoms with Gasteiger partial charge in [0, 0.05) is 24.7 Å². The van der Waals surface area contributed by atoms with Gasteiger partial charge in [-0.15, -0.1) is 0 Å². The molecule has 4 nitrogen and oxygen atoms in total. The molecule has 6 heteroatoms. The standard InChI is InChI=1S/C14H21ClN2O2S/c1-17(11-12-5-2-3-6-14(12)15)20(18,19)10-4-9-16-13-7-8-13/h2-3,5-6,13,16H,4,7-11H2,1H3. The van der Waals surface area contributed by atoms with Crippen molar-refractivity contribution in [2.24, 2.45) is 0 Å². The molecule has 0 heterocycles. The van der Waals surface area contributed by atoms with Gasteiger partial charge in [0.2, 0.25) is 10.0 Å². The Morgan fingerprint density at radius 2 is 2.05 bits per heavy atom. The van der Waals surface area contributed by atoms with E-state index < -0.39 is 10.0 Å². The molecule has 2 rings (SSSR count). The summed E-state index contributed by atoms with van der Waals surface area (Å²) in [5, 5.41) is 3.92. The van der Waals surface area contributed by atoms with Crippen molar-refractivity contribution >= 4 is 21.6 Å². The Balaban J connectivity index is 1.82. The van der Waals surface area contributed by atoms with Crippen LogP contribution in [0.2, 0.25) is 5.02 Å². The van der Waals surface area contributed by atoms with Crippen LogP contribution in [-0.2, 0) is 16.6 Å². The van der Waals surface area contributed by atoms with E-state index in [1.54, 1.807) is 13.1 Å². The highest BCUT2D eigenvalue weighted by atomic mass is 35.5. The average molecular weight is 317 g/mol. The average Bonchev–Trinajstić information content (AvgIpc) is 3.21. The van der Waals surface area contributed by atoms with Crippen molar-refractivity contribution in [2.75, 3.05) is 19.3 Å². The largest absolute Gasteiger partial charge is 0.314 e.